The first-order valence-electron chi connectivity index (χ1n) is 11.5. The lowest BCUT2D eigenvalue weighted by Gasteiger charge is -2.29. The standard InChI is InChI=1S/C27H35NO6/c1-15(2)13-20(14-16(3)4)34-22(29)12-11-19-9-7-8-10-21(19)25-23(26(30)31)17(5)28-18(6)24(25)27(32)33/h7-12,15-16,20,25,28H,13-14H2,1-6H3,(H,30,31)(H,32,33). The van der Waals surface area contributed by atoms with Gasteiger partial charge in [-0.3, -0.25) is 0 Å². The van der Waals surface area contributed by atoms with Crippen molar-refractivity contribution < 1.29 is 29.3 Å². The highest BCUT2D eigenvalue weighted by Crippen LogP contribution is 2.40. The molecule has 0 radical (unpaired) electrons. The number of dihydropyridines is 1. The molecule has 0 spiro atoms. The van der Waals surface area contributed by atoms with Gasteiger partial charge in [0.2, 0.25) is 0 Å². The van der Waals surface area contributed by atoms with E-state index in [1.165, 1.54) is 6.08 Å². The number of hydrogen-bond acceptors (Lipinski definition) is 5. The zero-order valence-corrected chi connectivity index (χ0v) is 20.7. The Morgan fingerprint density at radius 3 is 1.91 bits per heavy atom. The van der Waals surface area contributed by atoms with Crippen LogP contribution in [-0.4, -0.2) is 34.2 Å². The summed E-state index contributed by atoms with van der Waals surface area (Å²) < 4.78 is 5.69. The van der Waals surface area contributed by atoms with Gasteiger partial charge in [0.05, 0.1) is 17.1 Å². The smallest absolute Gasteiger partial charge is 0.334 e. The Balaban J connectivity index is 2.43. The Kier molecular flexibility index (Phi) is 9.24. The van der Waals surface area contributed by atoms with Gasteiger partial charge in [-0.25, -0.2) is 14.4 Å². The molecule has 34 heavy (non-hydrogen) atoms. The van der Waals surface area contributed by atoms with Crippen LogP contribution in [0.5, 0.6) is 0 Å². The first-order valence-corrected chi connectivity index (χ1v) is 11.5. The van der Waals surface area contributed by atoms with Gasteiger partial charge in [-0.15, -0.1) is 0 Å². The Labute approximate surface area is 201 Å². The van der Waals surface area contributed by atoms with Crippen molar-refractivity contribution in [3.63, 3.8) is 0 Å². The third-order valence-electron chi connectivity index (χ3n) is 5.68. The fourth-order valence-corrected chi connectivity index (χ4v) is 4.40. The number of aliphatic carboxylic acids is 2. The van der Waals surface area contributed by atoms with Crippen molar-refractivity contribution in [1.29, 1.82) is 0 Å². The lowest BCUT2D eigenvalue weighted by atomic mass is 9.78. The van der Waals surface area contributed by atoms with Crippen LogP contribution in [0.1, 0.15) is 71.4 Å². The average molecular weight is 470 g/mol. The van der Waals surface area contributed by atoms with Crippen LogP contribution in [0.15, 0.2) is 52.9 Å². The summed E-state index contributed by atoms with van der Waals surface area (Å²) in [5.41, 5.74) is 1.71. The summed E-state index contributed by atoms with van der Waals surface area (Å²) in [7, 11) is 0. The van der Waals surface area contributed by atoms with Crippen LogP contribution < -0.4 is 5.32 Å². The Morgan fingerprint density at radius 1 is 0.941 bits per heavy atom. The maximum Gasteiger partial charge on any atom is 0.334 e. The Bertz CT molecular complexity index is 985. The summed E-state index contributed by atoms with van der Waals surface area (Å²) in [6.07, 6.45) is 4.22. The normalized spacial score (nSPS) is 15.0. The SMILES string of the molecule is CC1=C(C(=O)O)C(c2ccccc2C=CC(=O)OC(CC(C)C)CC(C)C)C(C(=O)O)=C(C)N1. The summed E-state index contributed by atoms with van der Waals surface area (Å²) in [5.74, 6) is -3.12. The molecule has 1 aliphatic heterocycles. The third-order valence-corrected chi connectivity index (χ3v) is 5.68. The van der Waals surface area contributed by atoms with Gasteiger partial charge in [0.15, 0.2) is 0 Å². The van der Waals surface area contributed by atoms with Crippen molar-refractivity contribution >= 4 is 24.0 Å². The molecule has 1 heterocycles. The van der Waals surface area contributed by atoms with E-state index in [9.17, 15) is 24.6 Å². The monoisotopic (exact) mass is 469 g/mol. The van der Waals surface area contributed by atoms with Gasteiger partial charge in [-0.1, -0.05) is 52.0 Å². The zero-order valence-electron chi connectivity index (χ0n) is 20.7. The van der Waals surface area contributed by atoms with Crippen LogP contribution in [0.2, 0.25) is 0 Å². The van der Waals surface area contributed by atoms with Crippen molar-refractivity contribution in [3.05, 3.63) is 64.0 Å². The van der Waals surface area contributed by atoms with Crippen molar-refractivity contribution in [2.45, 2.75) is 66.4 Å². The lowest BCUT2D eigenvalue weighted by Crippen LogP contribution is -2.31. The van der Waals surface area contributed by atoms with Gasteiger partial charge in [0.25, 0.3) is 0 Å². The summed E-state index contributed by atoms with van der Waals surface area (Å²) in [6, 6.07) is 6.89. The van der Waals surface area contributed by atoms with Gasteiger partial charge >= 0.3 is 17.9 Å². The van der Waals surface area contributed by atoms with E-state index in [0.29, 0.717) is 34.4 Å². The molecule has 0 saturated carbocycles. The second-order valence-corrected chi connectivity index (χ2v) is 9.53. The van der Waals surface area contributed by atoms with E-state index in [1.54, 1.807) is 44.2 Å². The number of carbonyl (C=O) groups is 3. The maximum absolute atomic E-state index is 12.6. The van der Waals surface area contributed by atoms with Crippen molar-refractivity contribution in [2.24, 2.45) is 11.8 Å². The van der Waals surface area contributed by atoms with Crippen LogP contribution in [0, 0.1) is 11.8 Å². The minimum Gasteiger partial charge on any atom is -0.478 e. The van der Waals surface area contributed by atoms with Gasteiger partial charge in [0.1, 0.15) is 6.10 Å². The first kappa shape index (κ1) is 26.9. The number of carboxylic acid groups (broad SMARTS) is 2. The van der Waals surface area contributed by atoms with E-state index >= 15 is 0 Å². The number of ether oxygens (including phenoxy) is 1. The highest BCUT2D eigenvalue weighted by atomic mass is 16.5. The molecule has 1 aromatic rings. The largest absolute Gasteiger partial charge is 0.478 e. The van der Waals surface area contributed by atoms with E-state index in [1.807, 2.05) is 0 Å². The molecule has 0 aliphatic carbocycles. The molecule has 0 bridgehead atoms. The molecule has 1 aliphatic rings. The molecular weight excluding hydrogens is 434 g/mol. The highest BCUT2D eigenvalue weighted by molar-refractivity contribution is 5.99. The molecular formula is C27H35NO6. The number of allylic oxidation sites excluding steroid dienone is 2. The molecule has 0 atom stereocenters. The fourth-order valence-electron chi connectivity index (χ4n) is 4.40. The van der Waals surface area contributed by atoms with Crippen LogP contribution in [0.25, 0.3) is 6.08 Å². The van der Waals surface area contributed by atoms with Crippen LogP contribution >= 0.6 is 0 Å². The molecule has 0 aromatic heterocycles. The third kappa shape index (κ3) is 6.83. The van der Waals surface area contributed by atoms with E-state index < -0.39 is 23.8 Å². The minimum atomic E-state index is -1.20. The lowest BCUT2D eigenvalue weighted by molar-refractivity contribution is -0.144. The topological polar surface area (TPSA) is 113 Å². The molecule has 1 aromatic carbocycles. The minimum absolute atomic E-state index is 0.0413. The zero-order chi connectivity index (χ0) is 25.6. The predicted octanol–water partition coefficient (Wildman–Crippen LogP) is 5.11. The van der Waals surface area contributed by atoms with E-state index in [4.69, 9.17) is 4.74 Å². The van der Waals surface area contributed by atoms with Crippen LogP contribution in [0.4, 0.5) is 0 Å². The molecule has 7 nitrogen and oxygen atoms in total. The molecule has 0 fully saturated rings. The quantitative estimate of drug-likeness (QED) is 0.322. The number of carboxylic acids is 2. The predicted molar refractivity (Wildman–Crippen MR) is 131 cm³/mol. The number of carbonyl (C=O) groups excluding carboxylic acids is 1. The molecule has 0 amide bonds. The van der Waals surface area contributed by atoms with Crippen LogP contribution in [-0.2, 0) is 19.1 Å². The number of esters is 1. The van der Waals surface area contributed by atoms with Gasteiger partial charge in [0, 0.05) is 17.5 Å². The van der Waals surface area contributed by atoms with Gasteiger partial charge < -0.3 is 20.3 Å². The average Bonchev–Trinajstić information content (AvgIpc) is 2.70. The number of benzene rings is 1. The summed E-state index contributed by atoms with van der Waals surface area (Å²) >= 11 is 0. The van der Waals surface area contributed by atoms with Crippen molar-refractivity contribution in [3.8, 4) is 0 Å². The van der Waals surface area contributed by atoms with Crippen LogP contribution in [0.3, 0.4) is 0 Å². The number of nitrogens with one attached hydrogen (secondary N) is 1. The summed E-state index contributed by atoms with van der Waals surface area (Å²) in [6.45, 7) is 11.5. The van der Waals surface area contributed by atoms with E-state index in [0.717, 1.165) is 12.8 Å². The molecule has 3 N–H and O–H groups in total. The Hall–Kier alpha value is -3.35. The van der Waals surface area contributed by atoms with Gasteiger partial charge in [-0.05, 0) is 55.7 Å². The number of hydrogen-bond donors (Lipinski definition) is 3. The second-order valence-electron chi connectivity index (χ2n) is 9.53. The first-order chi connectivity index (χ1) is 15.9. The molecule has 2 rings (SSSR count). The molecule has 7 heteroatoms. The molecule has 184 valence electrons. The number of rotatable bonds is 10. The van der Waals surface area contributed by atoms with Gasteiger partial charge in [-0.2, -0.15) is 0 Å². The highest BCUT2D eigenvalue weighted by Gasteiger charge is 2.37. The Morgan fingerprint density at radius 2 is 1.44 bits per heavy atom. The summed E-state index contributed by atoms with van der Waals surface area (Å²) in [5, 5.41) is 22.6. The maximum atomic E-state index is 12.6. The summed E-state index contributed by atoms with van der Waals surface area (Å²) in [4.78, 5) is 36.8. The van der Waals surface area contributed by atoms with Crippen molar-refractivity contribution in [1.82, 2.24) is 5.32 Å². The second kappa shape index (κ2) is 11.7. The van der Waals surface area contributed by atoms with Crippen molar-refractivity contribution in [2.75, 3.05) is 0 Å². The fraction of sp³-hybridized carbons (Fsp3) is 0.444. The molecule has 0 unspecified atom stereocenters. The molecule has 0 saturated heterocycles. The van der Waals surface area contributed by atoms with E-state index in [2.05, 4.69) is 33.0 Å². The van der Waals surface area contributed by atoms with E-state index in [-0.39, 0.29) is 17.3 Å².